The number of aryl methyl sites for hydroxylation is 1. The molecule has 10 nitrogen and oxygen atoms in total. The molecular formula is C28H41N5O5. The van der Waals surface area contributed by atoms with E-state index in [-0.39, 0.29) is 31.2 Å². The van der Waals surface area contributed by atoms with E-state index < -0.39 is 11.9 Å². The summed E-state index contributed by atoms with van der Waals surface area (Å²) in [6.07, 6.45) is 8.83. The first-order valence-corrected chi connectivity index (χ1v) is 13.6. The monoisotopic (exact) mass is 527 g/mol. The molecule has 1 fully saturated rings. The molecule has 1 aromatic heterocycles. The highest BCUT2D eigenvalue weighted by molar-refractivity contribution is 5.79. The molecule has 4 rings (SSSR count). The third-order valence-corrected chi connectivity index (χ3v) is 7.61. The molecule has 1 aromatic carbocycles. The second-order valence-corrected chi connectivity index (χ2v) is 10.6. The summed E-state index contributed by atoms with van der Waals surface area (Å²) in [4.78, 5) is 36.6. The van der Waals surface area contributed by atoms with Crippen LogP contribution in [0.2, 0.25) is 0 Å². The number of carboxylic acids is 1. The molecule has 0 spiro atoms. The van der Waals surface area contributed by atoms with Crippen molar-refractivity contribution in [2.75, 3.05) is 53.6 Å². The molecule has 1 N–H and O–H groups in total. The lowest BCUT2D eigenvalue weighted by Gasteiger charge is -2.30. The normalized spacial score (nSPS) is 20.8. The van der Waals surface area contributed by atoms with Crippen LogP contribution in [0, 0.1) is 5.92 Å². The second kappa shape index (κ2) is 13.1. The van der Waals surface area contributed by atoms with Gasteiger partial charge in [-0.3, -0.25) is 14.5 Å². The van der Waals surface area contributed by atoms with Crippen LogP contribution in [0.15, 0.2) is 36.9 Å². The first kappa shape index (κ1) is 27.9. The van der Waals surface area contributed by atoms with Crippen LogP contribution in [0.4, 0.5) is 0 Å². The van der Waals surface area contributed by atoms with Crippen LogP contribution in [0.5, 0.6) is 11.5 Å². The van der Waals surface area contributed by atoms with Crippen LogP contribution in [0.1, 0.15) is 44.1 Å². The minimum absolute atomic E-state index is 0.0697. The Bertz CT molecular complexity index is 1060. The molecule has 208 valence electrons. The van der Waals surface area contributed by atoms with Crippen LogP contribution in [0.25, 0.3) is 0 Å². The number of carbonyl (C=O) groups excluding carboxylic acids is 1. The molecular weight excluding hydrogens is 486 g/mol. The number of carboxylic acid groups (broad SMARTS) is 1. The van der Waals surface area contributed by atoms with E-state index in [9.17, 15) is 14.7 Å². The van der Waals surface area contributed by atoms with Crippen molar-refractivity contribution in [3.05, 3.63) is 42.5 Å². The van der Waals surface area contributed by atoms with Crippen LogP contribution in [0.3, 0.4) is 0 Å². The summed E-state index contributed by atoms with van der Waals surface area (Å²) in [5.41, 5.74) is 0.901. The Morgan fingerprint density at radius 2 is 1.92 bits per heavy atom. The number of amides is 1. The Kier molecular flexibility index (Phi) is 9.63. The van der Waals surface area contributed by atoms with Gasteiger partial charge in [-0.05, 0) is 57.6 Å². The second-order valence-electron chi connectivity index (χ2n) is 10.6. The van der Waals surface area contributed by atoms with E-state index in [1.54, 1.807) is 12.5 Å². The van der Waals surface area contributed by atoms with Gasteiger partial charge in [0.1, 0.15) is 0 Å². The number of benzene rings is 1. The number of aliphatic carboxylic acids is 1. The molecule has 38 heavy (non-hydrogen) atoms. The molecule has 3 atom stereocenters. The standard InChI is InChI=1S/C28H41N5O5/c1-4-5-12-32(13-6-11-30(2)3)26(34)18-33-17-22(21-7-8-24-25(16-21)38-20-37-24)27(28(35)36)23(33)9-14-31-15-10-29-19-31/h7-8,10,15-16,19,22-23,27H,4-6,9,11-14,17-18,20H2,1-3H3,(H,35,36). The number of carbonyl (C=O) groups is 2. The number of unbranched alkanes of at least 4 members (excludes halogenated alkanes) is 1. The number of likely N-dealkylation sites (tertiary alicyclic amines) is 1. The number of rotatable bonds is 14. The molecule has 1 amide bonds. The van der Waals surface area contributed by atoms with Crippen molar-refractivity contribution in [2.24, 2.45) is 5.92 Å². The largest absolute Gasteiger partial charge is 0.481 e. The highest BCUT2D eigenvalue weighted by Gasteiger charge is 2.47. The molecule has 10 heteroatoms. The smallest absolute Gasteiger partial charge is 0.308 e. The third-order valence-electron chi connectivity index (χ3n) is 7.61. The van der Waals surface area contributed by atoms with Gasteiger partial charge in [0.05, 0.1) is 18.8 Å². The maximum absolute atomic E-state index is 13.6. The molecule has 3 heterocycles. The van der Waals surface area contributed by atoms with E-state index in [2.05, 4.69) is 21.7 Å². The Morgan fingerprint density at radius 1 is 1.13 bits per heavy atom. The minimum Gasteiger partial charge on any atom is -0.481 e. The van der Waals surface area contributed by atoms with Gasteiger partial charge in [0.2, 0.25) is 12.7 Å². The zero-order valence-corrected chi connectivity index (χ0v) is 22.8. The van der Waals surface area contributed by atoms with Gasteiger partial charge < -0.3 is 28.9 Å². The molecule has 3 unspecified atom stereocenters. The maximum Gasteiger partial charge on any atom is 0.308 e. The van der Waals surface area contributed by atoms with Gasteiger partial charge in [-0.1, -0.05) is 19.4 Å². The van der Waals surface area contributed by atoms with Crippen LogP contribution in [-0.2, 0) is 16.1 Å². The van der Waals surface area contributed by atoms with E-state index in [1.165, 1.54) is 0 Å². The predicted molar refractivity (Wildman–Crippen MR) is 143 cm³/mol. The summed E-state index contributed by atoms with van der Waals surface area (Å²) in [6, 6.07) is 5.39. The molecule has 0 radical (unpaired) electrons. The highest BCUT2D eigenvalue weighted by atomic mass is 16.7. The van der Waals surface area contributed by atoms with Crippen molar-refractivity contribution in [1.82, 2.24) is 24.3 Å². The van der Waals surface area contributed by atoms with E-state index in [1.807, 2.05) is 48.0 Å². The number of nitrogens with zero attached hydrogens (tertiary/aromatic N) is 5. The first-order valence-electron chi connectivity index (χ1n) is 13.6. The van der Waals surface area contributed by atoms with Gasteiger partial charge in [-0.2, -0.15) is 0 Å². The number of fused-ring (bicyclic) bond motifs is 1. The SMILES string of the molecule is CCCCN(CCCN(C)C)C(=O)CN1CC(c2ccc3c(c2)OCO3)C(C(=O)O)C1CCn1ccnc1. The zero-order chi connectivity index (χ0) is 27.1. The lowest BCUT2D eigenvalue weighted by atomic mass is 9.84. The van der Waals surface area contributed by atoms with Crippen LogP contribution < -0.4 is 9.47 Å². The fourth-order valence-electron chi connectivity index (χ4n) is 5.60. The Labute approximate surface area is 225 Å². The molecule has 2 aromatic rings. The average Bonchev–Trinajstić information content (AvgIpc) is 3.64. The summed E-state index contributed by atoms with van der Waals surface area (Å²) in [7, 11) is 4.07. The lowest BCUT2D eigenvalue weighted by molar-refractivity contribution is -0.144. The summed E-state index contributed by atoms with van der Waals surface area (Å²) in [5, 5.41) is 10.4. The van der Waals surface area contributed by atoms with Crippen molar-refractivity contribution >= 4 is 11.9 Å². The number of imidazole rings is 1. The van der Waals surface area contributed by atoms with Crippen LogP contribution >= 0.6 is 0 Å². The molecule has 1 saturated heterocycles. The van der Waals surface area contributed by atoms with E-state index >= 15 is 0 Å². The maximum atomic E-state index is 13.6. The van der Waals surface area contributed by atoms with Gasteiger partial charge in [0.25, 0.3) is 0 Å². The zero-order valence-electron chi connectivity index (χ0n) is 22.8. The summed E-state index contributed by atoms with van der Waals surface area (Å²) in [6.45, 7) is 5.99. The van der Waals surface area contributed by atoms with Crippen molar-refractivity contribution in [3.63, 3.8) is 0 Å². The number of ether oxygens (including phenoxy) is 2. The van der Waals surface area contributed by atoms with Crippen molar-refractivity contribution < 1.29 is 24.2 Å². The van der Waals surface area contributed by atoms with E-state index in [0.29, 0.717) is 37.6 Å². The Hall–Kier alpha value is -3.11. The van der Waals surface area contributed by atoms with Crippen molar-refractivity contribution in [3.8, 4) is 11.5 Å². The number of aromatic nitrogens is 2. The Morgan fingerprint density at radius 3 is 2.63 bits per heavy atom. The van der Waals surface area contributed by atoms with Gasteiger partial charge in [0, 0.05) is 50.5 Å². The molecule has 2 aliphatic rings. The predicted octanol–water partition coefficient (Wildman–Crippen LogP) is 2.75. The topological polar surface area (TPSA) is 100 Å². The van der Waals surface area contributed by atoms with Crippen molar-refractivity contribution in [2.45, 2.75) is 51.1 Å². The van der Waals surface area contributed by atoms with Gasteiger partial charge in [-0.15, -0.1) is 0 Å². The highest BCUT2D eigenvalue weighted by Crippen LogP contribution is 2.42. The third kappa shape index (κ3) is 6.85. The van der Waals surface area contributed by atoms with Crippen molar-refractivity contribution in [1.29, 1.82) is 0 Å². The first-order chi connectivity index (χ1) is 18.4. The Balaban J connectivity index is 1.55. The summed E-state index contributed by atoms with van der Waals surface area (Å²) < 4.78 is 13.0. The van der Waals surface area contributed by atoms with E-state index in [0.717, 1.165) is 37.9 Å². The number of hydrogen-bond donors (Lipinski definition) is 1. The molecule has 0 aliphatic carbocycles. The number of hydrogen-bond acceptors (Lipinski definition) is 7. The van der Waals surface area contributed by atoms with Gasteiger partial charge in [-0.25, -0.2) is 4.98 Å². The van der Waals surface area contributed by atoms with Gasteiger partial charge >= 0.3 is 5.97 Å². The lowest BCUT2D eigenvalue weighted by Crippen LogP contribution is -2.45. The van der Waals surface area contributed by atoms with Crippen LogP contribution in [-0.4, -0.2) is 101 Å². The fraction of sp³-hybridized carbons (Fsp3) is 0.607. The van der Waals surface area contributed by atoms with Gasteiger partial charge in [0.15, 0.2) is 11.5 Å². The molecule has 0 bridgehead atoms. The van der Waals surface area contributed by atoms with E-state index in [4.69, 9.17) is 9.47 Å². The summed E-state index contributed by atoms with van der Waals surface area (Å²) >= 11 is 0. The molecule has 2 aliphatic heterocycles. The minimum atomic E-state index is -0.841. The molecule has 0 saturated carbocycles. The fourth-order valence-corrected chi connectivity index (χ4v) is 5.60. The average molecular weight is 528 g/mol. The quantitative estimate of drug-likeness (QED) is 0.400. The summed E-state index contributed by atoms with van der Waals surface area (Å²) in [5.74, 6) is -0.369.